The zero-order chi connectivity index (χ0) is 14.5. The van der Waals surface area contributed by atoms with Gasteiger partial charge in [-0.3, -0.25) is 9.69 Å². The summed E-state index contributed by atoms with van der Waals surface area (Å²) in [7, 11) is 1.68. The van der Waals surface area contributed by atoms with Crippen LogP contribution in [0.1, 0.15) is 31.2 Å². The number of halogens is 1. The fourth-order valence-electron chi connectivity index (χ4n) is 3.13. The molecule has 0 spiro atoms. The van der Waals surface area contributed by atoms with Crippen molar-refractivity contribution < 1.29 is 4.79 Å². The maximum atomic E-state index is 12.0. The van der Waals surface area contributed by atoms with Crippen LogP contribution in [0.2, 0.25) is 0 Å². The van der Waals surface area contributed by atoms with Gasteiger partial charge in [0.2, 0.25) is 5.91 Å². The molecule has 0 bridgehead atoms. The van der Waals surface area contributed by atoms with Gasteiger partial charge in [0.1, 0.15) is 0 Å². The first-order chi connectivity index (χ1) is 9.40. The van der Waals surface area contributed by atoms with Gasteiger partial charge in [-0.2, -0.15) is 0 Å². The summed E-state index contributed by atoms with van der Waals surface area (Å²) in [6.45, 7) is 2.05. The first-order valence-corrected chi connectivity index (χ1v) is 7.57. The predicted molar refractivity (Wildman–Crippen MR) is 82.4 cm³/mol. The van der Waals surface area contributed by atoms with E-state index in [1.165, 1.54) is 10.5 Å². The molecule has 1 aliphatic heterocycles. The Morgan fingerprint density at radius 2 is 2.25 bits per heavy atom. The molecule has 1 heterocycles. The number of amides is 1. The van der Waals surface area contributed by atoms with Gasteiger partial charge >= 0.3 is 0 Å². The van der Waals surface area contributed by atoms with Crippen LogP contribution in [-0.2, 0) is 4.79 Å². The molecule has 2 aliphatic rings. The molecule has 3 atom stereocenters. The van der Waals surface area contributed by atoms with Crippen LogP contribution in [-0.4, -0.2) is 29.4 Å². The number of benzene rings is 1. The maximum Gasteiger partial charge on any atom is 0.231 e. The highest BCUT2D eigenvalue weighted by Gasteiger charge is 2.53. The second-order valence-corrected chi connectivity index (χ2v) is 6.88. The van der Waals surface area contributed by atoms with Gasteiger partial charge in [0.25, 0.3) is 0 Å². The van der Waals surface area contributed by atoms with Crippen LogP contribution >= 0.6 is 15.9 Å². The Hall–Kier alpha value is -1.36. The number of aliphatic imine (C=N–C) groups is 1. The Balaban J connectivity index is 1.84. The van der Waals surface area contributed by atoms with Gasteiger partial charge in [0.15, 0.2) is 5.96 Å². The van der Waals surface area contributed by atoms with Crippen molar-refractivity contribution in [3.63, 3.8) is 0 Å². The first kappa shape index (κ1) is 13.6. The lowest BCUT2D eigenvalue weighted by Crippen LogP contribution is -2.49. The molecule has 1 aromatic carbocycles. The van der Waals surface area contributed by atoms with Crippen LogP contribution in [0.15, 0.2) is 33.7 Å². The lowest BCUT2D eigenvalue weighted by molar-refractivity contribution is -0.128. The van der Waals surface area contributed by atoms with E-state index in [1.807, 2.05) is 13.0 Å². The van der Waals surface area contributed by atoms with Crippen molar-refractivity contribution in [1.82, 2.24) is 4.90 Å². The summed E-state index contributed by atoms with van der Waals surface area (Å²) in [6.07, 6.45) is 1.51. The van der Waals surface area contributed by atoms with Crippen LogP contribution < -0.4 is 5.73 Å². The third-order valence-electron chi connectivity index (χ3n) is 4.46. The highest BCUT2D eigenvalue weighted by molar-refractivity contribution is 9.10. The monoisotopic (exact) mass is 335 g/mol. The van der Waals surface area contributed by atoms with Crippen molar-refractivity contribution in [3.05, 3.63) is 34.3 Å². The van der Waals surface area contributed by atoms with Crippen molar-refractivity contribution in [1.29, 1.82) is 0 Å². The number of nitrogens with two attached hydrogens (primary N) is 1. The molecule has 1 amide bonds. The standard InChI is InChI=1S/C15H18BrN3O/c1-15(8-13(20)19(2)14(17)18-15)12-7-11(12)9-4-3-5-10(16)6-9/h3-6,11-12H,7-8H2,1-2H3,(H2,17,18). The minimum absolute atomic E-state index is 0.0555. The summed E-state index contributed by atoms with van der Waals surface area (Å²) >= 11 is 3.51. The lowest BCUT2D eigenvalue weighted by atomic mass is 9.88. The third-order valence-corrected chi connectivity index (χ3v) is 4.96. The Kier molecular flexibility index (Phi) is 3.12. The second-order valence-electron chi connectivity index (χ2n) is 5.96. The van der Waals surface area contributed by atoms with E-state index in [0.717, 1.165) is 10.9 Å². The number of guanidine groups is 1. The first-order valence-electron chi connectivity index (χ1n) is 6.78. The molecular weight excluding hydrogens is 318 g/mol. The van der Waals surface area contributed by atoms with Gasteiger partial charge in [-0.25, -0.2) is 4.99 Å². The van der Waals surface area contributed by atoms with E-state index < -0.39 is 0 Å². The van der Waals surface area contributed by atoms with Crippen molar-refractivity contribution in [2.75, 3.05) is 7.05 Å². The molecule has 4 nitrogen and oxygen atoms in total. The SMILES string of the molecule is CN1C(=O)CC(C)(C2CC2c2cccc(Br)c2)N=C1N. The molecule has 1 saturated carbocycles. The summed E-state index contributed by atoms with van der Waals surface area (Å²) < 4.78 is 1.09. The third kappa shape index (κ3) is 2.24. The quantitative estimate of drug-likeness (QED) is 0.902. The van der Waals surface area contributed by atoms with E-state index in [0.29, 0.717) is 24.2 Å². The maximum absolute atomic E-state index is 12.0. The molecule has 0 saturated heterocycles. The highest BCUT2D eigenvalue weighted by Crippen LogP contribution is 2.56. The Labute approximate surface area is 127 Å². The molecule has 0 aromatic heterocycles. The molecule has 5 heteroatoms. The molecule has 1 aliphatic carbocycles. The minimum atomic E-state index is -0.360. The van der Waals surface area contributed by atoms with E-state index >= 15 is 0 Å². The summed E-state index contributed by atoms with van der Waals surface area (Å²) in [5, 5.41) is 0. The van der Waals surface area contributed by atoms with E-state index in [4.69, 9.17) is 5.73 Å². The number of hydrogen-bond donors (Lipinski definition) is 1. The van der Waals surface area contributed by atoms with Crippen LogP contribution in [0, 0.1) is 5.92 Å². The van der Waals surface area contributed by atoms with Gasteiger partial charge < -0.3 is 5.73 Å². The van der Waals surface area contributed by atoms with E-state index in [2.05, 4.69) is 39.1 Å². The molecule has 2 N–H and O–H groups in total. The summed E-state index contributed by atoms with van der Waals surface area (Å²) in [5.41, 5.74) is 6.82. The largest absolute Gasteiger partial charge is 0.369 e. The van der Waals surface area contributed by atoms with Crippen molar-refractivity contribution in [2.45, 2.75) is 31.2 Å². The van der Waals surface area contributed by atoms with Gasteiger partial charge in [0.05, 0.1) is 12.0 Å². The minimum Gasteiger partial charge on any atom is -0.369 e. The van der Waals surface area contributed by atoms with Crippen LogP contribution in [0.3, 0.4) is 0 Å². The molecule has 3 rings (SSSR count). The second kappa shape index (κ2) is 4.58. The molecule has 1 aromatic rings. The number of nitrogens with zero attached hydrogens (tertiary/aromatic N) is 2. The van der Waals surface area contributed by atoms with Crippen LogP contribution in [0.25, 0.3) is 0 Å². The summed E-state index contributed by atoms with van der Waals surface area (Å²) in [6, 6.07) is 8.37. The fourth-order valence-corrected chi connectivity index (χ4v) is 3.55. The zero-order valence-electron chi connectivity index (χ0n) is 11.6. The fraction of sp³-hybridized carbons (Fsp3) is 0.467. The average molecular weight is 336 g/mol. The number of carbonyl (C=O) groups is 1. The highest BCUT2D eigenvalue weighted by atomic mass is 79.9. The van der Waals surface area contributed by atoms with E-state index in [9.17, 15) is 4.79 Å². The number of carbonyl (C=O) groups excluding carboxylic acids is 1. The zero-order valence-corrected chi connectivity index (χ0v) is 13.2. The van der Waals surface area contributed by atoms with Crippen molar-refractivity contribution in [2.24, 2.45) is 16.6 Å². The smallest absolute Gasteiger partial charge is 0.231 e. The Bertz CT molecular complexity index is 601. The summed E-state index contributed by atoms with van der Waals surface area (Å²) in [5.74, 6) is 1.27. The van der Waals surface area contributed by atoms with Gasteiger partial charge in [-0.15, -0.1) is 0 Å². The average Bonchev–Trinajstić information content (AvgIpc) is 3.17. The van der Waals surface area contributed by atoms with E-state index in [1.54, 1.807) is 7.05 Å². The normalized spacial score (nSPS) is 33.0. The topological polar surface area (TPSA) is 58.7 Å². The Morgan fingerprint density at radius 3 is 2.90 bits per heavy atom. The molecule has 3 unspecified atom stereocenters. The molecule has 0 radical (unpaired) electrons. The number of rotatable bonds is 2. The predicted octanol–water partition coefficient (Wildman–Crippen LogP) is 2.49. The summed E-state index contributed by atoms with van der Waals surface area (Å²) in [4.78, 5) is 18.0. The Morgan fingerprint density at radius 1 is 1.50 bits per heavy atom. The number of hydrogen-bond acceptors (Lipinski definition) is 3. The van der Waals surface area contributed by atoms with Gasteiger partial charge in [-0.05, 0) is 42.9 Å². The lowest BCUT2D eigenvalue weighted by Gasteiger charge is -2.33. The van der Waals surface area contributed by atoms with E-state index in [-0.39, 0.29) is 11.4 Å². The van der Waals surface area contributed by atoms with Crippen molar-refractivity contribution in [3.8, 4) is 0 Å². The molecule has 1 fully saturated rings. The molecular formula is C15H18BrN3O. The van der Waals surface area contributed by atoms with Crippen LogP contribution in [0.5, 0.6) is 0 Å². The molecule has 106 valence electrons. The van der Waals surface area contributed by atoms with Gasteiger partial charge in [0, 0.05) is 11.5 Å². The van der Waals surface area contributed by atoms with Crippen molar-refractivity contribution >= 4 is 27.8 Å². The van der Waals surface area contributed by atoms with Crippen LogP contribution in [0.4, 0.5) is 0 Å². The molecule has 20 heavy (non-hydrogen) atoms. The van der Waals surface area contributed by atoms with Gasteiger partial charge in [-0.1, -0.05) is 28.1 Å².